The number of primary sulfonamides is 1. The van der Waals surface area contributed by atoms with Gasteiger partial charge < -0.3 is 0 Å². The molecule has 2 rings (SSSR count). The highest BCUT2D eigenvalue weighted by Crippen LogP contribution is 2.41. The van der Waals surface area contributed by atoms with Crippen molar-refractivity contribution in [2.75, 3.05) is 7.18 Å². The van der Waals surface area contributed by atoms with Gasteiger partial charge in [0.15, 0.2) is 5.69 Å². The number of nitrogens with two attached hydrogens (primary N) is 1. The van der Waals surface area contributed by atoms with E-state index in [-0.39, 0.29) is 28.3 Å². The van der Waals surface area contributed by atoms with Crippen LogP contribution in [-0.4, -0.2) is 25.4 Å². The number of alkyl halides is 4. The molecular weight excluding hydrogens is 434 g/mol. The van der Waals surface area contributed by atoms with E-state index < -0.39 is 21.9 Å². The molecule has 0 aliphatic rings. The summed E-state index contributed by atoms with van der Waals surface area (Å²) in [5.41, 5.74) is 0.569. The number of hydrogen-bond acceptors (Lipinski definition) is 3. The molecule has 0 fully saturated rings. The SMILES string of the molecule is C=C/C(=C\C=C(/C)S(N)(=O)=O)c1nn(CC)c(C(F)(F)F)c1-c1ccc(C)cc1.CF. The summed E-state index contributed by atoms with van der Waals surface area (Å²) >= 11 is 0. The molecule has 0 atom stereocenters. The summed E-state index contributed by atoms with van der Waals surface area (Å²) in [5, 5.41) is 9.22. The van der Waals surface area contributed by atoms with Crippen LogP contribution in [0, 0.1) is 6.92 Å². The molecule has 0 unspecified atom stereocenters. The second-order valence-electron chi connectivity index (χ2n) is 6.40. The number of aryl methyl sites for hydroxylation is 2. The Morgan fingerprint density at radius 1 is 1.19 bits per heavy atom. The Bertz CT molecular complexity index is 1080. The van der Waals surface area contributed by atoms with Crippen molar-refractivity contribution in [3.63, 3.8) is 0 Å². The fraction of sp³-hybridized carbons (Fsp3) is 0.286. The molecule has 1 aromatic carbocycles. The molecule has 2 N–H and O–H groups in total. The zero-order valence-corrected chi connectivity index (χ0v) is 18.5. The highest BCUT2D eigenvalue weighted by molar-refractivity contribution is 7.93. The first kappa shape index (κ1) is 26.3. The third-order valence-electron chi connectivity index (χ3n) is 4.30. The van der Waals surface area contributed by atoms with Crippen LogP contribution in [0.1, 0.15) is 30.8 Å². The van der Waals surface area contributed by atoms with Gasteiger partial charge in [0, 0.05) is 17.7 Å². The van der Waals surface area contributed by atoms with Crippen molar-refractivity contribution >= 4 is 15.6 Å². The summed E-state index contributed by atoms with van der Waals surface area (Å²) in [5.74, 6) is 0. The lowest BCUT2D eigenvalue weighted by atomic mass is 9.97. The first-order valence-electron chi connectivity index (χ1n) is 9.07. The van der Waals surface area contributed by atoms with Gasteiger partial charge in [0.2, 0.25) is 10.0 Å². The number of benzene rings is 1. The zero-order valence-electron chi connectivity index (χ0n) is 17.7. The highest BCUT2D eigenvalue weighted by Gasteiger charge is 2.40. The number of halogens is 4. The Labute approximate surface area is 179 Å². The van der Waals surface area contributed by atoms with Gasteiger partial charge in [-0.2, -0.15) is 18.3 Å². The molecule has 0 amide bonds. The average Bonchev–Trinajstić information content (AvgIpc) is 3.10. The lowest BCUT2D eigenvalue weighted by Crippen LogP contribution is -2.14. The third kappa shape index (κ3) is 6.38. The van der Waals surface area contributed by atoms with Crippen molar-refractivity contribution in [3.05, 3.63) is 70.9 Å². The van der Waals surface area contributed by atoms with Crippen LogP contribution in [0.3, 0.4) is 0 Å². The fourth-order valence-electron chi connectivity index (χ4n) is 2.72. The summed E-state index contributed by atoms with van der Waals surface area (Å²) in [6.07, 6.45) is -0.760. The lowest BCUT2D eigenvalue weighted by molar-refractivity contribution is -0.143. The maximum atomic E-state index is 13.9. The predicted molar refractivity (Wildman–Crippen MR) is 115 cm³/mol. The van der Waals surface area contributed by atoms with E-state index in [1.54, 1.807) is 31.2 Å². The zero-order chi connectivity index (χ0) is 24.0. The van der Waals surface area contributed by atoms with E-state index in [2.05, 4.69) is 11.7 Å². The van der Waals surface area contributed by atoms with Gasteiger partial charge in [-0.3, -0.25) is 9.07 Å². The molecule has 0 aliphatic heterocycles. The van der Waals surface area contributed by atoms with Crippen molar-refractivity contribution < 1.29 is 26.0 Å². The molecule has 0 spiro atoms. The van der Waals surface area contributed by atoms with Gasteiger partial charge in [0.1, 0.15) is 5.69 Å². The monoisotopic (exact) mass is 459 g/mol. The van der Waals surface area contributed by atoms with Gasteiger partial charge in [-0.15, -0.1) is 0 Å². The maximum Gasteiger partial charge on any atom is 0.433 e. The van der Waals surface area contributed by atoms with Gasteiger partial charge in [0.05, 0.1) is 12.1 Å². The summed E-state index contributed by atoms with van der Waals surface area (Å²) in [4.78, 5) is -0.139. The molecule has 0 saturated carbocycles. The van der Waals surface area contributed by atoms with E-state index in [0.717, 1.165) is 10.2 Å². The molecule has 0 bridgehead atoms. The van der Waals surface area contributed by atoms with E-state index in [1.165, 1.54) is 25.2 Å². The van der Waals surface area contributed by atoms with Gasteiger partial charge >= 0.3 is 6.18 Å². The molecule has 1 heterocycles. The first-order valence-corrected chi connectivity index (χ1v) is 10.6. The molecule has 0 radical (unpaired) electrons. The van der Waals surface area contributed by atoms with Crippen LogP contribution in [0.2, 0.25) is 0 Å². The van der Waals surface area contributed by atoms with Crippen LogP contribution in [0.4, 0.5) is 17.6 Å². The van der Waals surface area contributed by atoms with Crippen molar-refractivity contribution in [2.45, 2.75) is 33.5 Å². The second kappa shape index (κ2) is 10.5. The molecule has 0 aliphatic carbocycles. The molecular formula is C21H25F4N3O2S. The predicted octanol–water partition coefficient (Wildman–Crippen LogP) is 5.24. The van der Waals surface area contributed by atoms with Crippen molar-refractivity contribution in [1.29, 1.82) is 0 Å². The Balaban J connectivity index is 0.00000233. The number of sulfonamides is 1. The molecule has 31 heavy (non-hydrogen) atoms. The minimum Gasteiger partial charge on any atom is -0.260 e. The number of rotatable bonds is 6. The molecule has 0 saturated heterocycles. The Morgan fingerprint density at radius 2 is 1.74 bits per heavy atom. The molecule has 170 valence electrons. The van der Waals surface area contributed by atoms with Crippen LogP contribution < -0.4 is 5.14 Å². The number of nitrogens with zero attached hydrogens (tertiary/aromatic N) is 2. The molecule has 5 nitrogen and oxygen atoms in total. The van der Waals surface area contributed by atoms with Crippen molar-refractivity contribution in [2.24, 2.45) is 5.14 Å². The largest absolute Gasteiger partial charge is 0.433 e. The molecule has 10 heteroatoms. The van der Waals surface area contributed by atoms with Crippen LogP contribution in [0.5, 0.6) is 0 Å². The van der Waals surface area contributed by atoms with Crippen LogP contribution in [0.25, 0.3) is 16.7 Å². The fourth-order valence-corrected chi connectivity index (χ4v) is 2.98. The van der Waals surface area contributed by atoms with E-state index in [4.69, 9.17) is 5.14 Å². The second-order valence-corrected chi connectivity index (χ2v) is 8.13. The van der Waals surface area contributed by atoms with E-state index in [9.17, 15) is 26.0 Å². The van der Waals surface area contributed by atoms with Gasteiger partial charge in [-0.1, -0.05) is 48.6 Å². The van der Waals surface area contributed by atoms with E-state index in [1.807, 2.05) is 6.92 Å². The summed E-state index contributed by atoms with van der Waals surface area (Å²) in [6.45, 7) is 8.34. The normalized spacial score (nSPS) is 12.9. The summed E-state index contributed by atoms with van der Waals surface area (Å²) in [7, 11) is -3.41. The summed E-state index contributed by atoms with van der Waals surface area (Å²) in [6, 6.07) is 6.62. The Morgan fingerprint density at radius 3 is 2.16 bits per heavy atom. The van der Waals surface area contributed by atoms with Crippen molar-refractivity contribution in [3.8, 4) is 11.1 Å². The Hall–Kier alpha value is -2.72. The minimum atomic E-state index is -4.64. The standard InChI is InChI=1S/C20H22F3N3O2S.CH3F/c1-5-15(12-9-14(4)29(24,27)28)18-17(16-10-7-13(3)8-11-16)19(20(21,22)23)26(6-2)25-18;1-2/h5,7-12H,1,6H2,2-4H3,(H2,24,27,28);1H3/b14-9+,15-12+;. The average molecular weight is 460 g/mol. The number of aromatic nitrogens is 2. The number of allylic oxidation sites excluding steroid dienone is 5. The van der Waals surface area contributed by atoms with E-state index in [0.29, 0.717) is 12.7 Å². The van der Waals surface area contributed by atoms with Crippen molar-refractivity contribution in [1.82, 2.24) is 9.78 Å². The molecule has 1 aromatic heterocycles. The summed E-state index contributed by atoms with van der Waals surface area (Å²) < 4.78 is 74.9. The van der Waals surface area contributed by atoms with Crippen LogP contribution in [-0.2, 0) is 22.7 Å². The van der Waals surface area contributed by atoms with Gasteiger partial charge in [0.25, 0.3) is 0 Å². The first-order chi connectivity index (χ1) is 14.4. The maximum absolute atomic E-state index is 13.9. The Kier molecular flexibility index (Phi) is 8.95. The lowest BCUT2D eigenvalue weighted by Gasteiger charge is -2.12. The number of hydrogen-bond donors (Lipinski definition) is 1. The quantitative estimate of drug-likeness (QED) is 0.474. The smallest absolute Gasteiger partial charge is 0.260 e. The van der Waals surface area contributed by atoms with Gasteiger partial charge in [-0.05, 0) is 32.4 Å². The minimum absolute atomic E-state index is 0.00414. The van der Waals surface area contributed by atoms with E-state index >= 15 is 0 Å². The third-order valence-corrected chi connectivity index (χ3v) is 5.33. The van der Waals surface area contributed by atoms with Gasteiger partial charge in [-0.25, -0.2) is 13.6 Å². The molecule has 2 aromatic rings. The highest BCUT2D eigenvalue weighted by atomic mass is 32.2. The topological polar surface area (TPSA) is 78.0 Å². The van der Waals surface area contributed by atoms with Crippen LogP contribution >= 0.6 is 0 Å². The van der Waals surface area contributed by atoms with Crippen LogP contribution in [0.15, 0.2) is 54.0 Å².